The van der Waals surface area contributed by atoms with E-state index in [2.05, 4.69) is 39.8 Å². The molecule has 6 nitrogen and oxygen atoms in total. The number of nitrogens with zero attached hydrogens (tertiary/aromatic N) is 2. The van der Waals surface area contributed by atoms with Crippen LogP contribution in [-0.4, -0.2) is 50.3 Å². The van der Waals surface area contributed by atoms with Crippen LogP contribution in [0.4, 0.5) is 5.13 Å². The number of anilines is 1. The zero-order valence-corrected chi connectivity index (χ0v) is 17.3. The first-order valence-electron chi connectivity index (χ1n) is 9.51. The Hall–Kier alpha value is -2.12. The van der Waals surface area contributed by atoms with E-state index in [0.717, 1.165) is 35.4 Å². The summed E-state index contributed by atoms with van der Waals surface area (Å²) >= 11 is 1.55. The van der Waals surface area contributed by atoms with Gasteiger partial charge in [-0.05, 0) is 44.9 Å². The molecule has 1 aromatic heterocycles. The summed E-state index contributed by atoms with van der Waals surface area (Å²) in [4.78, 5) is 21.1. The standard InChI is InChI=1S/C20H27N3O3S/c1-5-22(6-2)9-10-23(19(24)16-13-25-11-12-26-16)20-21-18-15(4)14(3)7-8-17(18)27-20/h7-8,13H,5-6,9-12H2,1-4H3/p+1. The zero-order valence-electron chi connectivity index (χ0n) is 16.5. The number of carbonyl (C=O) groups excluding carboxylic acids is 1. The number of benzene rings is 1. The van der Waals surface area contributed by atoms with Crippen LogP contribution in [0.5, 0.6) is 0 Å². The molecule has 0 fully saturated rings. The fourth-order valence-corrected chi connectivity index (χ4v) is 4.15. The lowest BCUT2D eigenvalue weighted by Gasteiger charge is -2.24. The van der Waals surface area contributed by atoms with Gasteiger partial charge in [-0.2, -0.15) is 0 Å². The minimum absolute atomic E-state index is 0.185. The van der Waals surface area contributed by atoms with Gasteiger partial charge in [0.05, 0.1) is 36.4 Å². The maximum atomic E-state index is 13.1. The van der Waals surface area contributed by atoms with Gasteiger partial charge in [-0.25, -0.2) is 4.98 Å². The smallest absolute Gasteiger partial charge is 0.298 e. The Bertz CT molecular complexity index is 842. The molecule has 0 bridgehead atoms. The zero-order chi connectivity index (χ0) is 19.4. The predicted octanol–water partition coefficient (Wildman–Crippen LogP) is 2.06. The van der Waals surface area contributed by atoms with Crippen LogP contribution in [0.3, 0.4) is 0 Å². The number of fused-ring (bicyclic) bond motifs is 1. The first-order chi connectivity index (χ1) is 13.0. The third kappa shape index (κ3) is 4.25. The number of carbonyl (C=O) groups is 1. The maximum absolute atomic E-state index is 13.1. The molecule has 0 saturated heterocycles. The maximum Gasteiger partial charge on any atom is 0.298 e. The van der Waals surface area contributed by atoms with Crippen molar-refractivity contribution in [3.05, 3.63) is 35.3 Å². The fraction of sp³-hybridized carbons (Fsp3) is 0.500. The minimum atomic E-state index is -0.185. The van der Waals surface area contributed by atoms with Gasteiger partial charge in [0, 0.05) is 0 Å². The SMILES string of the molecule is CC[NH+](CC)CCN(C(=O)C1=COCCO1)c1nc2c(C)c(C)ccc2s1. The lowest BCUT2D eigenvalue weighted by Crippen LogP contribution is -3.12. The Labute approximate surface area is 164 Å². The number of amides is 1. The Morgan fingerprint density at radius 3 is 2.70 bits per heavy atom. The van der Waals surface area contributed by atoms with Gasteiger partial charge in [-0.15, -0.1) is 0 Å². The Morgan fingerprint density at radius 1 is 1.26 bits per heavy atom. The third-order valence-corrected chi connectivity index (χ3v) is 6.14. The van der Waals surface area contributed by atoms with E-state index in [1.165, 1.54) is 16.7 Å². The van der Waals surface area contributed by atoms with Gasteiger partial charge >= 0.3 is 0 Å². The molecule has 1 aliphatic rings. The second-order valence-corrected chi connectivity index (χ2v) is 7.72. The van der Waals surface area contributed by atoms with Gasteiger partial charge in [0.1, 0.15) is 19.5 Å². The van der Waals surface area contributed by atoms with Crippen molar-refractivity contribution in [2.45, 2.75) is 27.7 Å². The molecule has 3 rings (SSSR count). The van der Waals surface area contributed by atoms with Gasteiger partial charge in [0.15, 0.2) is 5.13 Å². The molecule has 1 N–H and O–H groups in total. The lowest BCUT2D eigenvalue weighted by molar-refractivity contribution is -0.894. The Morgan fingerprint density at radius 2 is 2.04 bits per heavy atom. The summed E-state index contributed by atoms with van der Waals surface area (Å²) in [6, 6.07) is 4.18. The second-order valence-electron chi connectivity index (χ2n) is 6.72. The molecule has 0 unspecified atom stereocenters. The van der Waals surface area contributed by atoms with E-state index in [-0.39, 0.29) is 11.7 Å². The number of nitrogens with one attached hydrogen (secondary N) is 1. The van der Waals surface area contributed by atoms with Gasteiger partial charge in [-0.3, -0.25) is 9.69 Å². The summed E-state index contributed by atoms with van der Waals surface area (Å²) in [6.07, 6.45) is 1.42. The summed E-state index contributed by atoms with van der Waals surface area (Å²) in [5.74, 6) is 0.0673. The van der Waals surface area contributed by atoms with E-state index in [0.29, 0.717) is 24.9 Å². The number of quaternary nitrogens is 1. The van der Waals surface area contributed by atoms with Gasteiger partial charge in [0.2, 0.25) is 5.76 Å². The van der Waals surface area contributed by atoms with Gasteiger partial charge in [0.25, 0.3) is 5.91 Å². The lowest BCUT2D eigenvalue weighted by atomic mass is 10.1. The van der Waals surface area contributed by atoms with E-state index in [1.807, 2.05) is 0 Å². The van der Waals surface area contributed by atoms with Crippen LogP contribution in [0.2, 0.25) is 0 Å². The van der Waals surface area contributed by atoms with E-state index in [1.54, 1.807) is 16.2 Å². The predicted molar refractivity (Wildman–Crippen MR) is 108 cm³/mol. The number of hydrogen-bond acceptors (Lipinski definition) is 5. The molecule has 7 heteroatoms. The number of rotatable bonds is 7. The molecule has 0 spiro atoms. The number of hydrogen-bond donors (Lipinski definition) is 1. The average Bonchev–Trinajstić information content (AvgIpc) is 3.13. The number of aromatic nitrogens is 1. The van der Waals surface area contributed by atoms with Crippen LogP contribution in [-0.2, 0) is 14.3 Å². The van der Waals surface area contributed by atoms with Crippen molar-refractivity contribution in [1.29, 1.82) is 0 Å². The molecule has 146 valence electrons. The Balaban J connectivity index is 1.94. The van der Waals surface area contributed by atoms with Crippen LogP contribution >= 0.6 is 11.3 Å². The topological polar surface area (TPSA) is 56.1 Å². The molecule has 0 atom stereocenters. The van der Waals surface area contributed by atoms with Gasteiger partial charge < -0.3 is 14.4 Å². The average molecular weight is 391 g/mol. The van der Waals surface area contributed by atoms with Crippen LogP contribution in [0, 0.1) is 13.8 Å². The third-order valence-electron chi connectivity index (χ3n) is 5.10. The van der Waals surface area contributed by atoms with Crippen LogP contribution in [0.1, 0.15) is 25.0 Å². The van der Waals surface area contributed by atoms with Crippen LogP contribution < -0.4 is 9.80 Å². The molecular weight excluding hydrogens is 362 g/mol. The van der Waals surface area contributed by atoms with Crippen molar-refractivity contribution in [1.82, 2.24) is 4.98 Å². The molecule has 1 amide bonds. The molecule has 2 aromatic rings. The van der Waals surface area contributed by atoms with Crippen molar-refractivity contribution >= 4 is 32.6 Å². The highest BCUT2D eigenvalue weighted by Gasteiger charge is 2.27. The van der Waals surface area contributed by atoms with Crippen LogP contribution in [0.25, 0.3) is 10.2 Å². The number of thiazole rings is 1. The summed E-state index contributed by atoms with van der Waals surface area (Å²) < 4.78 is 11.9. The second kappa shape index (κ2) is 8.71. The molecule has 0 saturated carbocycles. The quantitative estimate of drug-likeness (QED) is 0.786. The van der Waals surface area contributed by atoms with E-state index in [9.17, 15) is 4.79 Å². The molecule has 1 aliphatic heterocycles. The highest BCUT2D eigenvalue weighted by atomic mass is 32.1. The van der Waals surface area contributed by atoms with Crippen molar-refractivity contribution < 1.29 is 19.2 Å². The monoisotopic (exact) mass is 390 g/mol. The van der Waals surface area contributed by atoms with Crippen molar-refractivity contribution in [3.63, 3.8) is 0 Å². The summed E-state index contributed by atoms with van der Waals surface area (Å²) in [5, 5.41) is 0.713. The van der Waals surface area contributed by atoms with E-state index < -0.39 is 0 Å². The summed E-state index contributed by atoms with van der Waals surface area (Å²) in [5.41, 5.74) is 3.34. The van der Waals surface area contributed by atoms with Crippen molar-refractivity contribution in [3.8, 4) is 0 Å². The normalized spacial score (nSPS) is 14.0. The number of aryl methyl sites for hydroxylation is 2. The molecule has 0 aliphatic carbocycles. The fourth-order valence-electron chi connectivity index (χ4n) is 3.10. The highest BCUT2D eigenvalue weighted by molar-refractivity contribution is 7.22. The van der Waals surface area contributed by atoms with Crippen molar-refractivity contribution in [2.24, 2.45) is 0 Å². The summed E-state index contributed by atoms with van der Waals surface area (Å²) in [7, 11) is 0. The molecule has 1 aromatic carbocycles. The highest BCUT2D eigenvalue weighted by Crippen LogP contribution is 2.32. The Kier molecular flexibility index (Phi) is 6.34. The molecular formula is C20H28N3O3S+. The first kappa shape index (κ1) is 19.6. The van der Waals surface area contributed by atoms with E-state index >= 15 is 0 Å². The molecule has 0 radical (unpaired) electrons. The summed E-state index contributed by atoms with van der Waals surface area (Å²) in [6.45, 7) is 12.9. The molecule has 27 heavy (non-hydrogen) atoms. The number of ether oxygens (including phenoxy) is 2. The number of likely N-dealkylation sites (N-methyl/N-ethyl adjacent to an activating group) is 1. The van der Waals surface area contributed by atoms with Gasteiger partial charge in [-0.1, -0.05) is 17.4 Å². The van der Waals surface area contributed by atoms with Crippen LogP contribution in [0.15, 0.2) is 24.2 Å². The van der Waals surface area contributed by atoms with E-state index in [4.69, 9.17) is 14.5 Å². The molecule has 2 heterocycles. The minimum Gasteiger partial charge on any atom is -0.494 e. The van der Waals surface area contributed by atoms with Crippen molar-refractivity contribution in [2.75, 3.05) is 44.3 Å². The first-order valence-corrected chi connectivity index (χ1v) is 10.3. The largest absolute Gasteiger partial charge is 0.494 e.